The summed E-state index contributed by atoms with van der Waals surface area (Å²) >= 11 is 6.07. The van der Waals surface area contributed by atoms with E-state index in [-0.39, 0.29) is 0 Å². The van der Waals surface area contributed by atoms with Crippen LogP contribution in [0.1, 0.15) is 43.5 Å². The molecule has 0 amide bonds. The van der Waals surface area contributed by atoms with Crippen molar-refractivity contribution in [1.82, 2.24) is 14.6 Å². The van der Waals surface area contributed by atoms with Crippen LogP contribution in [0.15, 0.2) is 30.3 Å². The van der Waals surface area contributed by atoms with Crippen LogP contribution in [0.4, 0.5) is 5.82 Å². The zero-order valence-corrected chi connectivity index (χ0v) is 16.4. The number of hydrogen-bond acceptors (Lipinski definition) is 3. The molecule has 2 heterocycles. The smallest absolute Gasteiger partial charge is 0.165 e. The maximum atomic E-state index is 6.07. The molecule has 4 rings (SSSR count). The zero-order valence-electron chi connectivity index (χ0n) is 15.7. The first-order valence-corrected chi connectivity index (χ1v) is 9.78. The second kappa shape index (κ2) is 6.92. The minimum Gasteiger partial charge on any atom is -0.357 e. The van der Waals surface area contributed by atoms with Gasteiger partial charge in [0.15, 0.2) is 5.65 Å². The third-order valence-electron chi connectivity index (χ3n) is 5.49. The van der Waals surface area contributed by atoms with Crippen molar-refractivity contribution in [2.45, 2.75) is 52.0 Å². The number of fused-ring (bicyclic) bond motifs is 1. The molecule has 2 aromatic heterocycles. The third-order valence-corrected chi connectivity index (χ3v) is 5.74. The van der Waals surface area contributed by atoms with Crippen molar-refractivity contribution < 1.29 is 0 Å². The van der Waals surface area contributed by atoms with Crippen molar-refractivity contribution in [2.24, 2.45) is 0 Å². The highest BCUT2D eigenvalue weighted by Gasteiger charge is 2.23. The van der Waals surface area contributed by atoms with E-state index >= 15 is 0 Å². The van der Waals surface area contributed by atoms with E-state index in [1.165, 1.54) is 32.1 Å². The standard InChI is InChI=1S/C21H25ClN4/c1-14-13-19(25(3)18-7-5-4-6-8-18)26-21(23-14)20(15(2)24-26)16-9-11-17(22)12-10-16/h9-13,18H,4-8H2,1-3H3. The van der Waals surface area contributed by atoms with Gasteiger partial charge in [0, 0.05) is 35.4 Å². The number of aryl methyl sites for hydroxylation is 2. The monoisotopic (exact) mass is 368 g/mol. The molecule has 26 heavy (non-hydrogen) atoms. The molecular weight excluding hydrogens is 344 g/mol. The number of rotatable bonds is 3. The summed E-state index contributed by atoms with van der Waals surface area (Å²) in [5.74, 6) is 1.13. The summed E-state index contributed by atoms with van der Waals surface area (Å²) in [5, 5.41) is 5.59. The molecule has 0 atom stereocenters. The van der Waals surface area contributed by atoms with Gasteiger partial charge >= 0.3 is 0 Å². The molecule has 0 aliphatic heterocycles. The molecule has 1 fully saturated rings. The summed E-state index contributed by atoms with van der Waals surface area (Å²) in [6.07, 6.45) is 6.50. The van der Waals surface area contributed by atoms with Crippen LogP contribution in [0.5, 0.6) is 0 Å². The highest BCUT2D eigenvalue weighted by atomic mass is 35.5. The Morgan fingerprint density at radius 1 is 1.08 bits per heavy atom. The van der Waals surface area contributed by atoms with Crippen LogP contribution in [0, 0.1) is 13.8 Å². The number of benzene rings is 1. The molecule has 1 aliphatic carbocycles. The van der Waals surface area contributed by atoms with Crippen LogP contribution in [0.2, 0.25) is 5.02 Å². The van der Waals surface area contributed by atoms with Crippen molar-refractivity contribution >= 4 is 23.1 Å². The normalized spacial score (nSPS) is 15.5. The summed E-state index contributed by atoms with van der Waals surface area (Å²) in [6.45, 7) is 4.12. The Kier molecular flexibility index (Phi) is 4.62. The first kappa shape index (κ1) is 17.3. The minimum absolute atomic E-state index is 0.581. The predicted molar refractivity (Wildman–Crippen MR) is 108 cm³/mol. The molecule has 0 spiro atoms. The molecule has 0 N–H and O–H groups in total. The van der Waals surface area contributed by atoms with Gasteiger partial charge in [0.1, 0.15) is 5.82 Å². The summed E-state index contributed by atoms with van der Waals surface area (Å²) in [5.41, 5.74) is 5.12. The van der Waals surface area contributed by atoms with Crippen LogP contribution < -0.4 is 4.90 Å². The summed E-state index contributed by atoms with van der Waals surface area (Å²) in [4.78, 5) is 7.23. The van der Waals surface area contributed by atoms with Gasteiger partial charge in [-0.2, -0.15) is 9.61 Å². The molecule has 1 saturated carbocycles. The van der Waals surface area contributed by atoms with E-state index in [0.717, 1.165) is 39.0 Å². The quantitative estimate of drug-likeness (QED) is 0.617. The first-order valence-electron chi connectivity index (χ1n) is 9.40. The Bertz CT molecular complexity index is 923. The number of aromatic nitrogens is 3. The SMILES string of the molecule is Cc1cc(N(C)C2CCCCC2)n2nc(C)c(-c3ccc(Cl)cc3)c2n1. The lowest BCUT2D eigenvalue weighted by Gasteiger charge is -2.33. The van der Waals surface area contributed by atoms with Crippen molar-refractivity contribution in [3.63, 3.8) is 0 Å². The molecule has 0 saturated heterocycles. The van der Waals surface area contributed by atoms with E-state index in [9.17, 15) is 0 Å². The average molecular weight is 369 g/mol. The van der Waals surface area contributed by atoms with Crippen LogP contribution in [-0.2, 0) is 0 Å². The zero-order chi connectivity index (χ0) is 18.3. The second-order valence-electron chi connectivity index (χ2n) is 7.36. The fraction of sp³-hybridized carbons (Fsp3) is 0.429. The maximum absolute atomic E-state index is 6.07. The van der Waals surface area contributed by atoms with Crippen LogP contribution >= 0.6 is 11.6 Å². The second-order valence-corrected chi connectivity index (χ2v) is 7.80. The molecule has 136 valence electrons. The first-order chi connectivity index (χ1) is 12.5. The topological polar surface area (TPSA) is 33.4 Å². The van der Waals surface area contributed by atoms with Gasteiger partial charge in [-0.05, 0) is 44.4 Å². The fourth-order valence-electron chi connectivity index (χ4n) is 4.09. The largest absolute Gasteiger partial charge is 0.357 e. The van der Waals surface area contributed by atoms with E-state index in [1.807, 2.05) is 28.8 Å². The number of anilines is 1. The predicted octanol–water partition coefficient (Wildman–Crippen LogP) is 5.44. The lowest BCUT2D eigenvalue weighted by molar-refractivity contribution is 0.424. The van der Waals surface area contributed by atoms with Gasteiger partial charge in [0.05, 0.1) is 5.69 Å². The molecule has 1 aromatic carbocycles. The van der Waals surface area contributed by atoms with Crippen molar-refractivity contribution in [1.29, 1.82) is 0 Å². The number of hydrogen-bond donors (Lipinski definition) is 0. The Morgan fingerprint density at radius 2 is 1.77 bits per heavy atom. The Labute approximate surface area is 159 Å². The van der Waals surface area contributed by atoms with Crippen LogP contribution in [0.3, 0.4) is 0 Å². The van der Waals surface area contributed by atoms with Gasteiger partial charge in [-0.15, -0.1) is 0 Å². The minimum atomic E-state index is 0.581. The third kappa shape index (κ3) is 3.07. The molecular formula is C21H25ClN4. The Morgan fingerprint density at radius 3 is 2.46 bits per heavy atom. The number of halogens is 1. The molecule has 0 bridgehead atoms. The molecule has 4 nitrogen and oxygen atoms in total. The molecule has 5 heteroatoms. The lowest BCUT2D eigenvalue weighted by Crippen LogP contribution is -2.34. The van der Waals surface area contributed by atoms with Gasteiger partial charge in [-0.3, -0.25) is 0 Å². The highest BCUT2D eigenvalue weighted by Crippen LogP contribution is 2.32. The van der Waals surface area contributed by atoms with Gasteiger partial charge in [0.2, 0.25) is 0 Å². The van der Waals surface area contributed by atoms with E-state index in [2.05, 4.69) is 31.9 Å². The van der Waals surface area contributed by atoms with E-state index in [4.69, 9.17) is 21.7 Å². The summed E-state index contributed by atoms with van der Waals surface area (Å²) < 4.78 is 2.01. The average Bonchev–Trinajstić information content (AvgIpc) is 2.97. The van der Waals surface area contributed by atoms with Gasteiger partial charge in [-0.1, -0.05) is 43.0 Å². The maximum Gasteiger partial charge on any atom is 0.165 e. The molecule has 1 aliphatic rings. The summed E-state index contributed by atoms with van der Waals surface area (Å²) in [7, 11) is 2.20. The molecule has 0 unspecified atom stereocenters. The lowest BCUT2D eigenvalue weighted by atomic mass is 9.94. The van der Waals surface area contributed by atoms with Gasteiger partial charge in [0.25, 0.3) is 0 Å². The summed E-state index contributed by atoms with van der Waals surface area (Å²) in [6, 6.07) is 10.7. The van der Waals surface area contributed by atoms with Gasteiger partial charge < -0.3 is 4.90 Å². The van der Waals surface area contributed by atoms with E-state index in [0.29, 0.717) is 6.04 Å². The van der Waals surface area contributed by atoms with Crippen molar-refractivity contribution in [3.05, 3.63) is 46.7 Å². The fourth-order valence-corrected chi connectivity index (χ4v) is 4.21. The number of nitrogens with zero attached hydrogens (tertiary/aromatic N) is 4. The van der Waals surface area contributed by atoms with Crippen LogP contribution in [-0.4, -0.2) is 27.7 Å². The highest BCUT2D eigenvalue weighted by molar-refractivity contribution is 6.30. The Hall–Kier alpha value is -2.07. The van der Waals surface area contributed by atoms with Crippen molar-refractivity contribution in [3.8, 4) is 11.1 Å². The Balaban J connectivity index is 1.85. The van der Waals surface area contributed by atoms with E-state index in [1.54, 1.807) is 0 Å². The van der Waals surface area contributed by atoms with Gasteiger partial charge in [-0.25, -0.2) is 4.98 Å². The molecule has 3 aromatic rings. The van der Waals surface area contributed by atoms with E-state index < -0.39 is 0 Å². The van der Waals surface area contributed by atoms with Crippen LogP contribution in [0.25, 0.3) is 16.8 Å². The molecule has 0 radical (unpaired) electrons. The van der Waals surface area contributed by atoms with Crippen molar-refractivity contribution in [2.75, 3.05) is 11.9 Å².